The van der Waals surface area contributed by atoms with E-state index in [9.17, 15) is 13.2 Å². The van der Waals surface area contributed by atoms with Crippen molar-refractivity contribution in [2.75, 3.05) is 11.1 Å². The molecule has 0 aliphatic carbocycles. The second-order valence-corrected chi connectivity index (χ2v) is 8.13. The Morgan fingerprint density at radius 3 is 2.54 bits per heavy atom. The number of pyridine rings is 1. The van der Waals surface area contributed by atoms with Gasteiger partial charge in [-0.2, -0.15) is 0 Å². The van der Waals surface area contributed by atoms with Crippen molar-refractivity contribution in [3.63, 3.8) is 0 Å². The number of nitrogens with two attached hydrogens (primary N) is 1. The van der Waals surface area contributed by atoms with Gasteiger partial charge in [-0.05, 0) is 31.2 Å². The van der Waals surface area contributed by atoms with Crippen LogP contribution in [0.1, 0.15) is 6.92 Å². The first-order chi connectivity index (χ1) is 13.4. The fraction of sp³-hybridized carbons (Fsp3) is 0.176. The molecule has 2 heterocycles. The van der Waals surface area contributed by atoms with Crippen LogP contribution in [-0.2, 0) is 21.4 Å². The van der Waals surface area contributed by atoms with Crippen LogP contribution in [-0.4, -0.2) is 39.8 Å². The van der Waals surface area contributed by atoms with E-state index in [1.807, 2.05) is 41.8 Å². The van der Waals surface area contributed by atoms with Gasteiger partial charge in [0.2, 0.25) is 5.91 Å². The first kappa shape index (κ1) is 20.0. The molecule has 0 saturated heterocycles. The molecule has 3 N–H and O–H groups in total. The molecule has 0 radical (unpaired) electrons. The van der Waals surface area contributed by atoms with Crippen molar-refractivity contribution >= 4 is 33.4 Å². The van der Waals surface area contributed by atoms with Gasteiger partial charge in [0.15, 0.2) is 16.0 Å². The van der Waals surface area contributed by atoms with Crippen LogP contribution in [0.3, 0.4) is 0 Å². The Morgan fingerprint density at radius 2 is 1.93 bits per heavy atom. The maximum Gasteiger partial charge on any atom is 0.255 e. The standard InChI is InChI=1S/C17H18N6O3S2/c1-2-23-16(12-8-9-15(19-10-12)28(18,25)26)21-22-17(23)27-11-14(24)20-13-6-4-3-5-7-13/h3-10H,2,11H2,1H3,(H,20,24)(H2,18,25,26). The largest absolute Gasteiger partial charge is 0.325 e. The van der Waals surface area contributed by atoms with Gasteiger partial charge in [0.1, 0.15) is 0 Å². The van der Waals surface area contributed by atoms with Crippen LogP contribution in [0.5, 0.6) is 0 Å². The zero-order valence-electron chi connectivity index (χ0n) is 14.9. The average molecular weight is 419 g/mol. The number of sulfonamides is 1. The Morgan fingerprint density at radius 1 is 1.18 bits per heavy atom. The SMILES string of the molecule is CCn1c(SCC(=O)Nc2ccccc2)nnc1-c1ccc(S(N)(=O)=O)nc1. The van der Waals surface area contributed by atoms with Gasteiger partial charge in [0, 0.05) is 24.0 Å². The van der Waals surface area contributed by atoms with E-state index in [0.29, 0.717) is 23.1 Å². The molecule has 3 rings (SSSR count). The molecule has 11 heteroatoms. The van der Waals surface area contributed by atoms with Crippen LogP contribution < -0.4 is 10.5 Å². The summed E-state index contributed by atoms with van der Waals surface area (Å²) in [4.78, 5) is 16.0. The van der Waals surface area contributed by atoms with Gasteiger partial charge >= 0.3 is 0 Å². The van der Waals surface area contributed by atoms with E-state index in [0.717, 1.165) is 5.69 Å². The zero-order chi connectivity index (χ0) is 20.1. The van der Waals surface area contributed by atoms with Crippen LogP contribution in [0, 0.1) is 0 Å². The van der Waals surface area contributed by atoms with Crippen LogP contribution in [0.4, 0.5) is 5.69 Å². The number of hydrogen-bond donors (Lipinski definition) is 2. The molecule has 1 aromatic carbocycles. The fourth-order valence-electron chi connectivity index (χ4n) is 2.42. The third kappa shape index (κ3) is 4.74. The van der Waals surface area contributed by atoms with Crippen LogP contribution in [0.25, 0.3) is 11.4 Å². The van der Waals surface area contributed by atoms with Crippen LogP contribution in [0.2, 0.25) is 0 Å². The highest BCUT2D eigenvalue weighted by Gasteiger charge is 2.16. The van der Waals surface area contributed by atoms with Gasteiger partial charge in [-0.3, -0.25) is 4.79 Å². The molecule has 0 aliphatic heterocycles. The molecule has 0 saturated carbocycles. The maximum atomic E-state index is 12.1. The number of primary sulfonamides is 1. The molecule has 0 atom stereocenters. The summed E-state index contributed by atoms with van der Waals surface area (Å²) in [7, 11) is -3.86. The Bertz CT molecular complexity index is 1070. The number of benzene rings is 1. The molecule has 3 aromatic rings. The van der Waals surface area contributed by atoms with Crippen molar-refractivity contribution < 1.29 is 13.2 Å². The number of carbonyl (C=O) groups is 1. The number of thioether (sulfide) groups is 1. The molecule has 0 bridgehead atoms. The summed E-state index contributed by atoms with van der Waals surface area (Å²) in [5, 5.41) is 16.5. The summed E-state index contributed by atoms with van der Waals surface area (Å²) >= 11 is 1.26. The molecule has 9 nitrogen and oxygen atoms in total. The second-order valence-electron chi connectivity index (χ2n) is 5.68. The number of carbonyl (C=O) groups excluding carboxylic acids is 1. The summed E-state index contributed by atoms with van der Waals surface area (Å²) in [6.45, 7) is 2.50. The Hall–Kier alpha value is -2.76. The fourth-order valence-corrected chi connectivity index (χ4v) is 3.68. The number of hydrogen-bond acceptors (Lipinski definition) is 7. The number of rotatable bonds is 7. The summed E-state index contributed by atoms with van der Waals surface area (Å²) in [5.41, 5.74) is 1.33. The minimum absolute atomic E-state index is 0.150. The van der Waals surface area contributed by atoms with Gasteiger partial charge in [-0.25, -0.2) is 18.5 Å². The minimum Gasteiger partial charge on any atom is -0.325 e. The molecule has 146 valence electrons. The quantitative estimate of drug-likeness (QED) is 0.558. The number of aromatic nitrogens is 4. The van der Waals surface area contributed by atoms with Gasteiger partial charge in [0.25, 0.3) is 10.0 Å². The van der Waals surface area contributed by atoms with Gasteiger partial charge < -0.3 is 9.88 Å². The van der Waals surface area contributed by atoms with Crippen molar-refractivity contribution in [2.24, 2.45) is 5.14 Å². The molecule has 2 aromatic heterocycles. The van der Waals surface area contributed by atoms with Gasteiger partial charge in [0.05, 0.1) is 5.75 Å². The molecule has 0 aliphatic rings. The molecule has 0 unspecified atom stereocenters. The second kappa shape index (κ2) is 8.50. The van der Waals surface area contributed by atoms with Gasteiger partial charge in [-0.15, -0.1) is 10.2 Å². The van der Waals surface area contributed by atoms with Crippen LogP contribution >= 0.6 is 11.8 Å². The summed E-state index contributed by atoms with van der Waals surface area (Å²) in [6, 6.07) is 12.1. The van der Waals surface area contributed by atoms with E-state index < -0.39 is 10.0 Å². The van der Waals surface area contributed by atoms with Crippen LogP contribution in [0.15, 0.2) is 58.8 Å². The molecular formula is C17H18N6O3S2. The lowest BCUT2D eigenvalue weighted by molar-refractivity contribution is -0.113. The van der Waals surface area contributed by atoms with E-state index in [-0.39, 0.29) is 16.7 Å². The summed E-state index contributed by atoms with van der Waals surface area (Å²) in [6.07, 6.45) is 1.38. The van der Waals surface area contributed by atoms with E-state index in [2.05, 4.69) is 20.5 Å². The first-order valence-electron chi connectivity index (χ1n) is 8.28. The van der Waals surface area contributed by atoms with Crippen molar-refractivity contribution in [3.05, 3.63) is 48.7 Å². The van der Waals surface area contributed by atoms with Crippen molar-refractivity contribution in [3.8, 4) is 11.4 Å². The summed E-state index contributed by atoms with van der Waals surface area (Å²) < 4.78 is 24.5. The average Bonchev–Trinajstić information content (AvgIpc) is 3.09. The Labute approximate surface area is 166 Å². The third-order valence-corrected chi connectivity index (χ3v) is 5.50. The number of anilines is 1. The smallest absolute Gasteiger partial charge is 0.255 e. The molecular weight excluding hydrogens is 400 g/mol. The van der Waals surface area contributed by atoms with E-state index in [1.54, 1.807) is 6.07 Å². The Balaban J connectivity index is 1.72. The Kier molecular flexibility index (Phi) is 6.07. The zero-order valence-corrected chi connectivity index (χ0v) is 16.6. The van der Waals surface area contributed by atoms with Crippen molar-refractivity contribution in [2.45, 2.75) is 23.7 Å². The topological polar surface area (TPSA) is 133 Å². The third-order valence-electron chi connectivity index (χ3n) is 3.71. The first-order valence-corrected chi connectivity index (χ1v) is 10.8. The van der Waals surface area contributed by atoms with Gasteiger partial charge in [-0.1, -0.05) is 30.0 Å². The normalized spacial score (nSPS) is 11.4. The highest BCUT2D eigenvalue weighted by atomic mass is 32.2. The van der Waals surface area contributed by atoms with E-state index in [1.165, 1.54) is 24.0 Å². The van der Waals surface area contributed by atoms with E-state index >= 15 is 0 Å². The lowest BCUT2D eigenvalue weighted by Crippen LogP contribution is -2.14. The number of para-hydroxylation sites is 1. The number of nitrogens with one attached hydrogen (secondary N) is 1. The van der Waals surface area contributed by atoms with Crippen molar-refractivity contribution in [1.29, 1.82) is 0 Å². The molecule has 0 spiro atoms. The highest BCUT2D eigenvalue weighted by Crippen LogP contribution is 2.24. The monoisotopic (exact) mass is 418 g/mol. The molecule has 1 amide bonds. The lowest BCUT2D eigenvalue weighted by atomic mass is 10.3. The predicted molar refractivity (Wildman–Crippen MR) is 106 cm³/mol. The maximum absolute atomic E-state index is 12.1. The molecule has 0 fully saturated rings. The number of amides is 1. The predicted octanol–water partition coefficient (Wildman–Crippen LogP) is 1.74. The van der Waals surface area contributed by atoms with Crippen molar-refractivity contribution in [1.82, 2.24) is 19.7 Å². The number of nitrogens with zero attached hydrogens (tertiary/aromatic N) is 4. The summed E-state index contributed by atoms with van der Waals surface area (Å²) in [5.74, 6) is 0.555. The highest BCUT2D eigenvalue weighted by molar-refractivity contribution is 7.99. The lowest BCUT2D eigenvalue weighted by Gasteiger charge is -2.08. The van der Waals surface area contributed by atoms with E-state index in [4.69, 9.17) is 5.14 Å². The minimum atomic E-state index is -3.86. The molecule has 28 heavy (non-hydrogen) atoms.